The number of hydrogen-bond donors (Lipinski definition) is 0. The summed E-state index contributed by atoms with van der Waals surface area (Å²) in [5, 5.41) is 4.42. The smallest absolute Gasteiger partial charge is 0.154 e. The fourth-order valence-corrected chi connectivity index (χ4v) is 3.27. The van der Waals surface area contributed by atoms with Crippen molar-refractivity contribution in [2.24, 2.45) is 0 Å². The van der Waals surface area contributed by atoms with E-state index in [4.69, 9.17) is 4.74 Å². The topological polar surface area (TPSA) is 42.7 Å². The highest BCUT2D eigenvalue weighted by Crippen LogP contribution is 2.25. The zero-order chi connectivity index (χ0) is 16.4. The minimum Gasteiger partial charge on any atom is -0.373 e. The Labute approximate surface area is 141 Å². The van der Waals surface area contributed by atoms with Crippen LogP contribution in [0.3, 0.4) is 0 Å². The van der Waals surface area contributed by atoms with Crippen LogP contribution in [0, 0.1) is 0 Å². The maximum absolute atomic E-state index is 6.19. The number of benzene rings is 1. The third-order valence-electron chi connectivity index (χ3n) is 4.71. The van der Waals surface area contributed by atoms with E-state index in [1.807, 2.05) is 22.8 Å². The van der Waals surface area contributed by atoms with E-state index >= 15 is 0 Å². The molecule has 1 saturated heterocycles. The first-order valence-electron chi connectivity index (χ1n) is 8.48. The molecule has 3 aromatic rings. The number of aromatic nitrogens is 3. The van der Waals surface area contributed by atoms with Crippen LogP contribution >= 0.6 is 0 Å². The summed E-state index contributed by atoms with van der Waals surface area (Å²) in [6.45, 7) is 2.86. The van der Waals surface area contributed by atoms with E-state index in [1.165, 1.54) is 5.56 Å². The van der Waals surface area contributed by atoms with Gasteiger partial charge in [-0.3, -0.25) is 0 Å². The van der Waals surface area contributed by atoms with Gasteiger partial charge in [0, 0.05) is 24.8 Å². The summed E-state index contributed by atoms with van der Waals surface area (Å²) in [7, 11) is 2.17. The highest BCUT2D eigenvalue weighted by molar-refractivity contribution is 5.66. The molecule has 3 heterocycles. The van der Waals surface area contributed by atoms with E-state index < -0.39 is 0 Å². The molecular formula is C19H22N4O. The lowest BCUT2D eigenvalue weighted by Gasteiger charge is -2.29. The van der Waals surface area contributed by atoms with Crippen molar-refractivity contribution in [1.82, 2.24) is 19.5 Å². The summed E-state index contributed by atoms with van der Waals surface area (Å²) in [5.74, 6) is 0. The average molecular weight is 322 g/mol. The molecule has 0 bridgehead atoms. The third-order valence-corrected chi connectivity index (χ3v) is 4.71. The van der Waals surface area contributed by atoms with Crippen LogP contribution in [0.4, 0.5) is 0 Å². The molecule has 1 aliphatic heterocycles. The molecule has 0 aliphatic carbocycles. The number of imidazole rings is 1. The van der Waals surface area contributed by atoms with Gasteiger partial charge in [0.05, 0.1) is 24.6 Å². The highest BCUT2D eigenvalue weighted by Gasteiger charge is 2.18. The molecular weight excluding hydrogens is 300 g/mol. The first-order valence-corrected chi connectivity index (χ1v) is 8.48. The number of fused-ring (bicyclic) bond motifs is 1. The van der Waals surface area contributed by atoms with E-state index in [2.05, 4.69) is 46.3 Å². The van der Waals surface area contributed by atoms with E-state index in [0.29, 0.717) is 12.7 Å². The van der Waals surface area contributed by atoms with Crippen molar-refractivity contribution >= 4 is 5.65 Å². The van der Waals surface area contributed by atoms with Crippen LogP contribution in [0.15, 0.2) is 48.8 Å². The van der Waals surface area contributed by atoms with Gasteiger partial charge in [-0.1, -0.05) is 24.3 Å². The maximum Gasteiger partial charge on any atom is 0.154 e. The second-order valence-electron chi connectivity index (χ2n) is 6.41. The van der Waals surface area contributed by atoms with Crippen LogP contribution in [-0.4, -0.2) is 45.7 Å². The van der Waals surface area contributed by atoms with Crippen molar-refractivity contribution in [1.29, 1.82) is 0 Å². The van der Waals surface area contributed by atoms with E-state index in [9.17, 15) is 0 Å². The highest BCUT2D eigenvalue weighted by atomic mass is 16.5. The predicted octanol–water partition coefficient (Wildman–Crippen LogP) is 3.01. The molecule has 5 nitrogen and oxygen atoms in total. The minimum atomic E-state index is 0.356. The fraction of sp³-hybridized carbons (Fsp3) is 0.368. The monoisotopic (exact) mass is 322 g/mol. The summed E-state index contributed by atoms with van der Waals surface area (Å²) in [4.78, 5) is 6.81. The Morgan fingerprint density at radius 2 is 1.96 bits per heavy atom. The van der Waals surface area contributed by atoms with Crippen LogP contribution < -0.4 is 0 Å². The molecule has 1 aromatic carbocycles. The normalized spacial score (nSPS) is 16.7. The van der Waals surface area contributed by atoms with E-state index in [1.54, 1.807) is 6.20 Å². The lowest BCUT2D eigenvalue weighted by atomic mass is 10.0. The van der Waals surface area contributed by atoms with Gasteiger partial charge in [0.1, 0.15) is 0 Å². The third kappa shape index (κ3) is 3.05. The quantitative estimate of drug-likeness (QED) is 0.740. The molecule has 24 heavy (non-hydrogen) atoms. The van der Waals surface area contributed by atoms with Gasteiger partial charge in [-0.05, 0) is 37.6 Å². The summed E-state index contributed by atoms with van der Waals surface area (Å²) in [6, 6.07) is 12.2. The van der Waals surface area contributed by atoms with E-state index in [0.717, 1.165) is 42.8 Å². The predicted molar refractivity (Wildman–Crippen MR) is 93.7 cm³/mol. The first kappa shape index (κ1) is 15.3. The molecule has 1 aliphatic rings. The number of likely N-dealkylation sites (tertiary alicyclic amines) is 1. The molecule has 0 N–H and O–H groups in total. The van der Waals surface area contributed by atoms with E-state index in [-0.39, 0.29) is 0 Å². The molecule has 0 atom stereocenters. The molecule has 0 amide bonds. The summed E-state index contributed by atoms with van der Waals surface area (Å²) < 4.78 is 8.07. The SMILES string of the molecule is CN1CCC(OCc2ccccc2-c2cnc3cccnn23)CC1. The van der Waals surface area contributed by atoms with Crippen molar-refractivity contribution in [3.8, 4) is 11.3 Å². The Bertz CT molecular complexity index is 821. The summed E-state index contributed by atoms with van der Waals surface area (Å²) in [6.07, 6.45) is 6.24. The van der Waals surface area contributed by atoms with Crippen molar-refractivity contribution in [3.63, 3.8) is 0 Å². The van der Waals surface area contributed by atoms with Gasteiger partial charge in [-0.25, -0.2) is 9.50 Å². The van der Waals surface area contributed by atoms with Gasteiger partial charge in [0.25, 0.3) is 0 Å². The minimum absolute atomic E-state index is 0.356. The molecule has 0 saturated carbocycles. The summed E-state index contributed by atoms with van der Waals surface area (Å²) >= 11 is 0. The Morgan fingerprint density at radius 3 is 2.83 bits per heavy atom. The van der Waals surface area contributed by atoms with Crippen molar-refractivity contribution in [3.05, 3.63) is 54.4 Å². The second kappa shape index (κ2) is 6.71. The summed E-state index contributed by atoms with van der Waals surface area (Å²) in [5.41, 5.74) is 4.19. The fourth-order valence-electron chi connectivity index (χ4n) is 3.27. The van der Waals surface area contributed by atoms with Crippen molar-refractivity contribution in [2.75, 3.05) is 20.1 Å². The Hall–Kier alpha value is -2.24. The number of nitrogens with zero attached hydrogens (tertiary/aromatic N) is 4. The molecule has 2 aromatic heterocycles. The Kier molecular flexibility index (Phi) is 4.28. The van der Waals surface area contributed by atoms with Gasteiger partial charge >= 0.3 is 0 Å². The lowest BCUT2D eigenvalue weighted by Crippen LogP contribution is -2.34. The van der Waals surface area contributed by atoms with Gasteiger partial charge < -0.3 is 9.64 Å². The molecule has 0 radical (unpaired) electrons. The molecule has 124 valence electrons. The second-order valence-corrected chi connectivity index (χ2v) is 6.41. The van der Waals surface area contributed by atoms with Gasteiger partial charge in [0.15, 0.2) is 5.65 Å². The zero-order valence-corrected chi connectivity index (χ0v) is 13.9. The Balaban J connectivity index is 1.57. The maximum atomic E-state index is 6.19. The first-order chi connectivity index (χ1) is 11.8. The van der Waals surface area contributed by atoms with Gasteiger partial charge in [-0.2, -0.15) is 5.10 Å². The molecule has 4 rings (SSSR count). The number of piperidine rings is 1. The molecule has 1 fully saturated rings. The largest absolute Gasteiger partial charge is 0.373 e. The zero-order valence-electron chi connectivity index (χ0n) is 13.9. The molecule has 0 unspecified atom stereocenters. The van der Waals surface area contributed by atoms with Gasteiger partial charge in [-0.15, -0.1) is 0 Å². The standard InChI is InChI=1S/C19H22N4O/c1-22-11-8-16(9-12-22)24-14-15-5-2-3-6-17(15)18-13-20-19-7-4-10-21-23(18)19/h2-7,10,13,16H,8-9,11-12,14H2,1H3. The van der Waals surface area contributed by atoms with Crippen LogP contribution in [0.25, 0.3) is 16.9 Å². The number of hydrogen-bond acceptors (Lipinski definition) is 4. The lowest BCUT2D eigenvalue weighted by molar-refractivity contribution is 0.00231. The van der Waals surface area contributed by atoms with Crippen molar-refractivity contribution < 1.29 is 4.74 Å². The molecule has 5 heteroatoms. The average Bonchev–Trinajstić information content (AvgIpc) is 3.05. The van der Waals surface area contributed by atoms with Crippen LogP contribution in [-0.2, 0) is 11.3 Å². The number of ether oxygens (including phenoxy) is 1. The molecule has 0 spiro atoms. The van der Waals surface area contributed by atoms with Crippen molar-refractivity contribution in [2.45, 2.75) is 25.6 Å². The van der Waals surface area contributed by atoms with Crippen LogP contribution in [0.1, 0.15) is 18.4 Å². The van der Waals surface area contributed by atoms with Crippen LogP contribution in [0.5, 0.6) is 0 Å². The van der Waals surface area contributed by atoms with Gasteiger partial charge in [0.2, 0.25) is 0 Å². The number of rotatable bonds is 4. The Morgan fingerprint density at radius 1 is 1.12 bits per heavy atom. The van der Waals surface area contributed by atoms with Crippen LogP contribution in [0.2, 0.25) is 0 Å².